The number of nitrogens with zero attached hydrogens (tertiary/aromatic N) is 2. The Labute approximate surface area is 227 Å². The third-order valence-corrected chi connectivity index (χ3v) is 6.91. The number of fused-ring (bicyclic) bond motifs is 1. The van der Waals surface area contributed by atoms with Crippen LogP contribution < -0.4 is 5.56 Å². The van der Waals surface area contributed by atoms with E-state index in [2.05, 4.69) is 4.99 Å². The van der Waals surface area contributed by atoms with Gasteiger partial charge in [0.15, 0.2) is 0 Å². The summed E-state index contributed by atoms with van der Waals surface area (Å²) in [6.07, 6.45) is -4.75. The molecule has 0 saturated carbocycles. The average molecular weight is 549 g/mol. The van der Waals surface area contributed by atoms with Gasteiger partial charge in [-0.15, -0.1) is 0 Å². The van der Waals surface area contributed by atoms with E-state index in [-0.39, 0.29) is 29.1 Å². The van der Waals surface area contributed by atoms with Crippen molar-refractivity contribution < 1.29 is 27.1 Å². The lowest BCUT2D eigenvalue weighted by Gasteiger charge is -2.33. The van der Waals surface area contributed by atoms with Gasteiger partial charge >= 0.3 is 12.1 Å². The molecule has 2 heterocycles. The highest BCUT2D eigenvalue weighted by Gasteiger charge is 2.45. The Hall–Kier alpha value is -4.53. The quantitative estimate of drug-likeness (QED) is 0.198. The number of halogens is 4. The van der Waals surface area contributed by atoms with Gasteiger partial charge in [0.2, 0.25) is 0 Å². The highest BCUT2D eigenvalue weighted by molar-refractivity contribution is 6.05. The van der Waals surface area contributed by atoms with Crippen molar-refractivity contribution >= 4 is 17.4 Å². The van der Waals surface area contributed by atoms with Gasteiger partial charge in [0, 0.05) is 17.3 Å². The summed E-state index contributed by atoms with van der Waals surface area (Å²) in [5.41, 5.74) is -0.222. The third kappa shape index (κ3) is 4.83. The lowest BCUT2D eigenvalue weighted by Crippen LogP contribution is -2.38. The van der Waals surface area contributed by atoms with Crippen molar-refractivity contribution in [2.75, 3.05) is 6.61 Å². The molecule has 3 aromatic carbocycles. The second-order valence-electron chi connectivity index (χ2n) is 9.36. The Morgan fingerprint density at radius 1 is 0.975 bits per heavy atom. The van der Waals surface area contributed by atoms with E-state index in [1.807, 2.05) is 0 Å². The zero-order chi connectivity index (χ0) is 28.6. The van der Waals surface area contributed by atoms with Crippen molar-refractivity contribution in [2.24, 2.45) is 10.9 Å². The van der Waals surface area contributed by atoms with Crippen molar-refractivity contribution in [2.45, 2.75) is 25.9 Å². The molecule has 4 aromatic rings. The van der Waals surface area contributed by atoms with Gasteiger partial charge in [-0.05, 0) is 61.4 Å². The molecule has 2 atom stereocenters. The van der Waals surface area contributed by atoms with Gasteiger partial charge in [-0.25, -0.2) is 4.39 Å². The number of hydrogen-bond acceptors (Lipinski definition) is 4. The smallest absolute Gasteiger partial charge is 0.416 e. The van der Waals surface area contributed by atoms with Crippen LogP contribution in [0.3, 0.4) is 0 Å². The number of aromatic nitrogens is 1. The Kier molecular flexibility index (Phi) is 7.14. The number of hydrogen-bond donors (Lipinski definition) is 0. The van der Waals surface area contributed by atoms with Crippen molar-refractivity contribution in [3.05, 3.63) is 118 Å². The molecule has 5 rings (SSSR count). The van der Waals surface area contributed by atoms with E-state index in [0.29, 0.717) is 16.9 Å². The number of carbonyl (C=O) groups is 1. The number of benzene rings is 3. The zero-order valence-corrected chi connectivity index (χ0v) is 21.6. The predicted octanol–water partition coefficient (Wildman–Crippen LogP) is 7.08. The molecule has 0 saturated heterocycles. The van der Waals surface area contributed by atoms with Crippen LogP contribution in [0.4, 0.5) is 23.2 Å². The van der Waals surface area contributed by atoms with Crippen LogP contribution in [0, 0.1) is 11.7 Å². The standard InChI is InChI=1S/C31H24F4N2O3/c1-3-40-30(39)26-18(2)36-24-17-25(19-9-5-4-6-10-19)37(21-15-13-20(32)14-16-21)29(38)28(24)27(26)22-11-7-8-12-23(22)31(33,34)35/h4-17,26-27H,3H2,1-2H3. The average Bonchev–Trinajstić information content (AvgIpc) is 2.93. The zero-order valence-electron chi connectivity index (χ0n) is 21.6. The second kappa shape index (κ2) is 10.6. The minimum absolute atomic E-state index is 0.00410. The molecule has 5 nitrogen and oxygen atoms in total. The van der Waals surface area contributed by atoms with Gasteiger partial charge in [-0.2, -0.15) is 13.2 Å². The van der Waals surface area contributed by atoms with Gasteiger partial charge in [0.25, 0.3) is 5.56 Å². The van der Waals surface area contributed by atoms with Gasteiger partial charge in [-0.3, -0.25) is 19.1 Å². The van der Waals surface area contributed by atoms with E-state index < -0.39 is 40.9 Å². The second-order valence-corrected chi connectivity index (χ2v) is 9.36. The summed E-state index contributed by atoms with van der Waals surface area (Å²) < 4.78 is 63.2. The molecule has 0 bridgehead atoms. The molecule has 1 aliphatic heterocycles. The number of alkyl halides is 3. The first-order valence-electron chi connectivity index (χ1n) is 12.6. The van der Waals surface area contributed by atoms with Crippen LogP contribution in [0.15, 0.2) is 94.7 Å². The van der Waals surface area contributed by atoms with E-state index in [0.717, 1.165) is 6.07 Å². The number of rotatable bonds is 5. The first-order chi connectivity index (χ1) is 19.1. The third-order valence-electron chi connectivity index (χ3n) is 6.91. The molecule has 1 aliphatic rings. The molecule has 1 aromatic heterocycles. The van der Waals surface area contributed by atoms with Crippen LogP contribution in [0.5, 0.6) is 0 Å². The predicted molar refractivity (Wildman–Crippen MR) is 144 cm³/mol. The van der Waals surface area contributed by atoms with Crippen molar-refractivity contribution in [1.29, 1.82) is 0 Å². The summed E-state index contributed by atoms with van der Waals surface area (Å²) in [5, 5.41) is 0. The lowest BCUT2D eigenvalue weighted by atomic mass is 9.74. The SMILES string of the molecule is CCOC(=O)C1C(C)=Nc2cc(-c3ccccc3)n(-c3ccc(F)cc3)c(=O)c2C1c1ccccc1C(F)(F)F. The largest absolute Gasteiger partial charge is 0.465 e. The molecular weight excluding hydrogens is 524 g/mol. The molecular formula is C31H24F4N2O3. The van der Waals surface area contributed by atoms with Crippen LogP contribution in [0.2, 0.25) is 0 Å². The number of carbonyl (C=O) groups excluding carboxylic acids is 1. The fourth-order valence-corrected chi connectivity index (χ4v) is 5.23. The maximum Gasteiger partial charge on any atom is 0.416 e. The van der Waals surface area contributed by atoms with Gasteiger partial charge in [0.1, 0.15) is 11.7 Å². The fraction of sp³-hybridized carbons (Fsp3) is 0.194. The van der Waals surface area contributed by atoms with E-state index in [9.17, 15) is 27.2 Å². The molecule has 0 radical (unpaired) electrons. The Morgan fingerprint density at radius 2 is 1.62 bits per heavy atom. The lowest BCUT2D eigenvalue weighted by molar-refractivity contribution is -0.147. The van der Waals surface area contributed by atoms with E-state index in [1.165, 1.54) is 47.0 Å². The molecule has 0 amide bonds. The number of esters is 1. The highest BCUT2D eigenvalue weighted by Crippen LogP contribution is 2.46. The van der Waals surface area contributed by atoms with E-state index >= 15 is 0 Å². The van der Waals surface area contributed by atoms with E-state index in [1.54, 1.807) is 50.2 Å². The Bertz CT molecular complexity index is 1660. The van der Waals surface area contributed by atoms with Crippen molar-refractivity contribution in [1.82, 2.24) is 4.57 Å². The molecule has 0 N–H and O–H groups in total. The van der Waals surface area contributed by atoms with Gasteiger partial charge < -0.3 is 4.74 Å². The first kappa shape index (κ1) is 27.1. The summed E-state index contributed by atoms with van der Waals surface area (Å²) in [7, 11) is 0. The van der Waals surface area contributed by atoms with Crippen LogP contribution in [0.1, 0.15) is 36.5 Å². The minimum atomic E-state index is -4.75. The molecule has 0 spiro atoms. The normalized spacial score (nSPS) is 16.7. The van der Waals surface area contributed by atoms with Crippen LogP contribution >= 0.6 is 0 Å². The van der Waals surface area contributed by atoms with Crippen molar-refractivity contribution in [3.8, 4) is 16.9 Å². The summed E-state index contributed by atoms with van der Waals surface area (Å²) in [6.45, 7) is 3.13. The molecule has 0 aliphatic carbocycles. The molecule has 204 valence electrons. The van der Waals surface area contributed by atoms with E-state index in [4.69, 9.17) is 4.74 Å². The van der Waals surface area contributed by atoms with Crippen LogP contribution in [0.25, 0.3) is 16.9 Å². The van der Waals surface area contributed by atoms with Crippen LogP contribution in [-0.2, 0) is 15.7 Å². The number of pyridine rings is 1. The fourth-order valence-electron chi connectivity index (χ4n) is 5.23. The Morgan fingerprint density at radius 3 is 2.27 bits per heavy atom. The van der Waals surface area contributed by atoms with Crippen LogP contribution in [-0.4, -0.2) is 22.9 Å². The molecule has 40 heavy (non-hydrogen) atoms. The Balaban J connectivity index is 1.89. The van der Waals surface area contributed by atoms with Crippen molar-refractivity contribution in [3.63, 3.8) is 0 Å². The summed E-state index contributed by atoms with van der Waals surface area (Å²) in [4.78, 5) is 32.2. The first-order valence-corrected chi connectivity index (χ1v) is 12.6. The molecule has 9 heteroatoms. The topological polar surface area (TPSA) is 60.7 Å². The molecule has 2 unspecified atom stereocenters. The maximum atomic E-state index is 14.4. The van der Waals surface area contributed by atoms with Gasteiger partial charge in [0.05, 0.1) is 29.1 Å². The highest BCUT2D eigenvalue weighted by atomic mass is 19.4. The summed E-state index contributed by atoms with van der Waals surface area (Å²) in [6, 6.07) is 20.6. The van der Waals surface area contributed by atoms with Gasteiger partial charge in [-0.1, -0.05) is 48.5 Å². The monoisotopic (exact) mass is 548 g/mol. The number of aliphatic imine (C=N–C) groups is 1. The summed E-state index contributed by atoms with van der Waals surface area (Å²) >= 11 is 0. The number of ether oxygens (including phenoxy) is 1. The minimum Gasteiger partial charge on any atom is -0.465 e. The summed E-state index contributed by atoms with van der Waals surface area (Å²) in [5.74, 6) is -3.91. The molecule has 0 fully saturated rings. The maximum absolute atomic E-state index is 14.4.